The number of carbonyl (C=O) groups is 1. The SMILES string of the molecule is Cc1cc(=O)cc(C)n1-c1cc(Br)cc(C(=O)O)c1. The van der Waals surface area contributed by atoms with E-state index in [2.05, 4.69) is 15.9 Å². The first-order valence-corrected chi connectivity index (χ1v) is 6.42. The van der Waals surface area contributed by atoms with Gasteiger partial charge in [0.15, 0.2) is 5.43 Å². The fourth-order valence-electron chi connectivity index (χ4n) is 2.09. The molecule has 2 aromatic rings. The van der Waals surface area contributed by atoms with E-state index in [4.69, 9.17) is 5.11 Å². The third-order valence-corrected chi connectivity index (χ3v) is 3.25. The highest BCUT2D eigenvalue weighted by Crippen LogP contribution is 2.21. The average molecular weight is 322 g/mol. The van der Waals surface area contributed by atoms with Crippen molar-refractivity contribution in [2.45, 2.75) is 13.8 Å². The van der Waals surface area contributed by atoms with E-state index in [0.29, 0.717) is 10.2 Å². The summed E-state index contributed by atoms with van der Waals surface area (Å²) in [5.41, 5.74) is 2.38. The molecule has 0 amide bonds. The van der Waals surface area contributed by atoms with E-state index in [-0.39, 0.29) is 11.0 Å². The van der Waals surface area contributed by atoms with Crippen LogP contribution >= 0.6 is 15.9 Å². The maximum absolute atomic E-state index is 11.4. The summed E-state index contributed by atoms with van der Waals surface area (Å²) in [4.78, 5) is 22.5. The maximum Gasteiger partial charge on any atom is 0.335 e. The number of hydrogen-bond acceptors (Lipinski definition) is 2. The second kappa shape index (κ2) is 5.01. The molecule has 1 aromatic carbocycles. The fraction of sp³-hybridized carbons (Fsp3) is 0.143. The molecule has 1 aromatic heterocycles. The summed E-state index contributed by atoms with van der Waals surface area (Å²) in [7, 11) is 0. The van der Waals surface area contributed by atoms with Crippen molar-refractivity contribution in [3.63, 3.8) is 0 Å². The molecule has 0 atom stereocenters. The van der Waals surface area contributed by atoms with Gasteiger partial charge < -0.3 is 9.67 Å². The van der Waals surface area contributed by atoms with Crippen molar-refractivity contribution < 1.29 is 9.90 Å². The molecule has 0 aliphatic carbocycles. The quantitative estimate of drug-likeness (QED) is 0.925. The Labute approximate surface area is 118 Å². The normalized spacial score (nSPS) is 10.5. The molecule has 0 saturated carbocycles. The maximum atomic E-state index is 11.4. The van der Waals surface area contributed by atoms with Crippen molar-refractivity contribution in [1.29, 1.82) is 0 Å². The lowest BCUT2D eigenvalue weighted by molar-refractivity contribution is 0.0696. The molecule has 0 aliphatic heterocycles. The van der Waals surface area contributed by atoms with Crippen LogP contribution in [-0.4, -0.2) is 15.6 Å². The second-order valence-corrected chi connectivity index (χ2v) is 5.23. The Kier molecular flexibility index (Phi) is 3.57. The average Bonchev–Trinajstić information content (AvgIpc) is 2.26. The van der Waals surface area contributed by atoms with Crippen LogP contribution in [0.15, 0.2) is 39.6 Å². The van der Waals surface area contributed by atoms with E-state index in [1.54, 1.807) is 12.1 Å². The summed E-state index contributed by atoms with van der Waals surface area (Å²) in [5, 5.41) is 9.08. The van der Waals surface area contributed by atoms with Gasteiger partial charge in [-0.2, -0.15) is 0 Å². The van der Waals surface area contributed by atoms with Gasteiger partial charge in [-0.05, 0) is 32.0 Å². The lowest BCUT2D eigenvalue weighted by atomic mass is 10.1. The third kappa shape index (κ3) is 2.76. The zero-order valence-corrected chi connectivity index (χ0v) is 12.1. The number of carboxylic acids is 1. The number of rotatable bonds is 2. The molecular weight excluding hydrogens is 310 g/mol. The molecule has 4 nitrogen and oxygen atoms in total. The van der Waals surface area contributed by atoms with E-state index in [1.807, 2.05) is 24.5 Å². The van der Waals surface area contributed by atoms with Crippen LogP contribution in [0.3, 0.4) is 0 Å². The second-order valence-electron chi connectivity index (χ2n) is 4.31. The minimum Gasteiger partial charge on any atom is -0.478 e. The van der Waals surface area contributed by atoms with Crippen LogP contribution in [-0.2, 0) is 0 Å². The molecule has 0 fully saturated rings. The van der Waals surface area contributed by atoms with Gasteiger partial charge in [-0.1, -0.05) is 15.9 Å². The summed E-state index contributed by atoms with van der Waals surface area (Å²) >= 11 is 3.30. The van der Waals surface area contributed by atoms with E-state index in [9.17, 15) is 9.59 Å². The van der Waals surface area contributed by atoms with Gasteiger partial charge in [-0.3, -0.25) is 4.79 Å². The number of pyridine rings is 1. The minimum atomic E-state index is -0.987. The van der Waals surface area contributed by atoms with Gasteiger partial charge in [0.05, 0.1) is 5.56 Å². The van der Waals surface area contributed by atoms with Gasteiger partial charge in [0, 0.05) is 33.7 Å². The summed E-state index contributed by atoms with van der Waals surface area (Å²) < 4.78 is 2.53. The Morgan fingerprint density at radius 1 is 1.11 bits per heavy atom. The first-order valence-electron chi connectivity index (χ1n) is 5.63. The number of halogens is 1. The van der Waals surface area contributed by atoms with Crippen LogP contribution in [0.4, 0.5) is 0 Å². The van der Waals surface area contributed by atoms with Gasteiger partial charge in [0.1, 0.15) is 0 Å². The number of benzene rings is 1. The molecular formula is C14H12BrNO3. The Hall–Kier alpha value is -1.88. The van der Waals surface area contributed by atoms with Crippen molar-refractivity contribution in [3.05, 3.63) is 62.0 Å². The standard InChI is InChI=1S/C14H12BrNO3/c1-8-3-13(17)4-9(2)16(8)12-6-10(14(18)19)5-11(15)7-12/h3-7H,1-2H3,(H,18,19). The molecule has 0 spiro atoms. The highest BCUT2D eigenvalue weighted by atomic mass is 79.9. The predicted octanol–water partition coefficient (Wildman–Crippen LogP) is 2.92. The number of carboxylic acid groups (broad SMARTS) is 1. The molecule has 0 bridgehead atoms. The Bertz CT molecular complexity index is 693. The third-order valence-electron chi connectivity index (χ3n) is 2.80. The van der Waals surface area contributed by atoms with Crippen molar-refractivity contribution in [2.75, 3.05) is 0 Å². The number of aromatic carboxylic acids is 1. The molecule has 5 heteroatoms. The number of hydrogen-bond donors (Lipinski definition) is 1. The molecule has 19 heavy (non-hydrogen) atoms. The molecule has 0 unspecified atom stereocenters. The first-order chi connectivity index (χ1) is 8.88. The van der Waals surface area contributed by atoms with Crippen LogP contribution in [0, 0.1) is 13.8 Å². The van der Waals surface area contributed by atoms with Crippen LogP contribution in [0.1, 0.15) is 21.7 Å². The zero-order chi connectivity index (χ0) is 14.2. The van der Waals surface area contributed by atoms with E-state index in [0.717, 1.165) is 11.4 Å². The van der Waals surface area contributed by atoms with E-state index in [1.165, 1.54) is 12.1 Å². The number of nitrogens with zero attached hydrogens (tertiary/aromatic N) is 1. The lowest BCUT2D eigenvalue weighted by Crippen LogP contribution is -2.12. The topological polar surface area (TPSA) is 59.3 Å². The molecule has 0 aliphatic rings. The van der Waals surface area contributed by atoms with Crippen molar-refractivity contribution >= 4 is 21.9 Å². The summed E-state index contributed by atoms with van der Waals surface area (Å²) in [6.45, 7) is 3.63. The molecule has 0 saturated heterocycles. The summed E-state index contributed by atoms with van der Waals surface area (Å²) in [6.07, 6.45) is 0. The highest BCUT2D eigenvalue weighted by molar-refractivity contribution is 9.10. The minimum absolute atomic E-state index is 0.0558. The number of aryl methyl sites for hydroxylation is 2. The predicted molar refractivity (Wildman–Crippen MR) is 76.2 cm³/mol. The first kappa shape index (κ1) is 13.5. The van der Waals surface area contributed by atoms with Crippen LogP contribution in [0.25, 0.3) is 5.69 Å². The van der Waals surface area contributed by atoms with Crippen molar-refractivity contribution in [2.24, 2.45) is 0 Å². The zero-order valence-electron chi connectivity index (χ0n) is 10.5. The van der Waals surface area contributed by atoms with E-state index >= 15 is 0 Å². The number of aromatic nitrogens is 1. The van der Waals surface area contributed by atoms with Gasteiger partial charge in [-0.15, -0.1) is 0 Å². The van der Waals surface area contributed by atoms with Crippen LogP contribution in [0.2, 0.25) is 0 Å². The van der Waals surface area contributed by atoms with Gasteiger partial charge >= 0.3 is 5.97 Å². The van der Waals surface area contributed by atoms with Crippen LogP contribution < -0.4 is 5.43 Å². The molecule has 98 valence electrons. The molecule has 2 rings (SSSR count). The Morgan fingerprint density at radius 3 is 2.21 bits per heavy atom. The highest BCUT2D eigenvalue weighted by Gasteiger charge is 2.10. The Balaban J connectivity index is 2.72. The van der Waals surface area contributed by atoms with E-state index < -0.39 is 5.97 Å². The Morgan fingerprint density at radius 2 is 1.68 bits per heavy atom. The molecule has 1 N–H and O–H groups in total. The van der Waals surface area contributed by atoms with Gasteiger partial charge in [0.2, 0.25) is 0 Å². The summed E-state index contributed by atoms with van der Waals surface area (Å²) in [6, 6.07) is 7.98. The largest absolute Gasteiger partial charge is 0.478 e. The molecule has 0 radical (unpaired) electrons. The van der Waals surface area contributed by atoms with Crippen LogP contribution in [0.5, 0.6) is 0 Å². The van der Waals surface area contributed by atoms with Gasteiger partial charge in [0.25, 0.3) is 0 Å². The fourth-order valence-corrected chi connectivity index (χ4v) is 2.58. The molecule has 1 heterocycles. The summed E-state index contributed by atoms with van der Waals surface area (Å²) in [5.74, 6) is -0.987. The lowest BCUT2D eigenvalue weighted by Gasteiger charge is -2.15. The smallest absolute Gasteiger partial charge is 0.335 e. The monoisotopic (exact) mass is 321 g/mol. The van der Waals surface area contributed by atoms with Crippen molar-refractivity contribution in [3.8, 4) is 5.69 Å². The van der Waals surface area contributed by atoms with Crippen molar-refractivity contribution in [1.82, 2.24) is 4.57 Å². The van der Waals surface area contributed by atoms with Gasteiger partial charge in [-0.25, -0.2) is 4.79 Å².